The van der Waals surface area contributed by atoms with Crippen molar-refractivity contribution in [1.29, 1.82) is 0 Å². The Kier molecular flexibility index (Phi) is 4.87. The fourth-order valence-corrected chi connectivity index (χ4v) is 4.14. The smallest absolute Gasteiger partial charge is 0.254 e. The van der Waals surface area contributed by atoms with Gasteiger partial charge in [0.2, 0.25) is 5.91 Å². The van der Waals surface area contributed by atoms with Crippen LogP contribution in [0.2, 0.25) is 0 Å². The molecule has 0 radical (unpaired) electrons. The summed E-state index contributed by atoms with van der Waals surface area (Å²) >= 11 is 3.17. The van der Waals surface area contributed by atoms with Crippen molar-refractivity contribution in [2.24, 2.45) is 0 Å². The zero-order valence-corrected chi connectivity index (χ0v) is 14.9. The van der Waals surface area contributed by atoms with Crippen molar-refractivity contribution in [2.75, 3.05) is 12.8 Å². The van der Waals surface area contributed by atoms with Crippen LogP contribution in [0, 0.1) is 6.92 Å². The predicted octanol–water partition coefficient (Wildman–Crippen LogP) is 2.38. The number of nitrogens with zero attached hydrogens (tertiary/aromatic N) is 2. The Hall–Kier alpha value is -1.60. The van der Waals surface area contributed by atoms with E-state index in [0.29, 0.717) is 35.8 Å². The fourth-order valence-electron chi connectivity index (χ4n) is 2.83. The summed E-state index contributed by atoms with van der Waals surface area (Å²) in [6, 6.07) is 2.10. The van der Waals surface area contributed by atoms with Crippen molar-refractivity contribution in [3.05, 3.63) is 43.5 Å². The molecule has 0 spiro atoms. The van der Waals surface area contributed by atoms with Crippen molar-refractivity contribution in [2.45, 2.75) is 37.9 Å². The molecule has 3 rings (SSSR count). The molecule has 5 nitrogen and oxygen atoms in total. The maximum atomic E-state index is 12.4. The van der Waals surface area contributed by atoms with Gasteiger partial charge in [0.15, 0.2) is 5.16 Å². The van der Waals surface area contributed by atoms with E-state index in [0.717, 1.165) is 13.0 Å². The summed E-state index contributed by atoms with van der Waals surface area (Å²) < 4.78 is 0. The largest absolute Gasteiger partial charge is 0.338 e. The highest BCUT2D eigenvalue weighted by molar-refractivity contribution is 7.98. The third-order valence-corrected chi connectivity index (χ3v) is 5.75. The number of amides is 1. The first-order chi connectivity index (χ1) is 11.1. The number of fused-ring (bicyclic) bond motifs is 1. The number of carbonyl (C=O) groups is 1. The number of carbonyl (C=O) groups excluding carboxylic acids is 1. The van der Waals surface area contributed by atoms with Gasteiger partial charge in [0.05, 0.1) is 0 Å². The third-order valence-electron chi connectivity index (χ3n) is 4.14. The minimum Gasteiger partial charge on any atom is -0.338 e. The van der Waals surface area contributed by atoms with E-state index in [2.05, 4.69) is 21.4 Å². The van der Waals surface area contributed by atoms with Crippen LogP contribution in [0.15, 0.2) is 21.4 Å². The van der Waals surface area contributed by atoms with Gasteiger partial charge in [-0.15, -0.1) is 11.3 Å². The maximum Gasteiger partial charge on any atom is 0.254 e. The average molecular weight is 349 g/mol. The van der Waals surface area contributed by atoms with E-state index in [1.807, 2.05) is 18.1 Å². The summed E-state index contributed by atoms with van der Waals surface area (Å²) in [5.74, 6) is 0.106. The Morgan fingerprint density at radius 2 is 2.35 bits per heavy atom. The second-order valence-corrected chi connectivity index (χ2v) is 7.37. The summed E-state index contributed by atoms with van der Waals surface area (Å²) in [4.78, 5) is 34.9. The van der Waals surface area contributed by atoms with E-state index in [1.165, 1.54) is 22.2 Å². The number of nitrogens with one attached hydrogen (secondary N) is 1. The lowest BCUT2D eigenvalue weighted by atomic mass is 10.1. The van der Waals surface area contributed by atoms with Crippen molar-refractivity contribution in [3.63, 3.8) is 0 Å². The Morgan fingerprint density at radius 1 is 1.52 bits per heavy atom. The molecular weight excluding hydrogens is 330 g/mol. The molecule has 0 unspecified atom stereocenters. The van der Waals surface area contributed by atoms with E-state index < -0.39 is 0 Å². The molecule has 23 heavy (non-hydrogen) atoms. The zero-order valence-electron chi connectivity index (χ0n) is 13.2. The second kappa shape index (κ2) is 6.88. The van der Waals surface area contributed by atoms with Gasteiger partial charge in [-0.1, -0.05) is 11.8 Å². The molecule has 0 saturated carbocycles. The number of H-pyrrole nitrogens is 1. The van der Waals surface area contributed by atoms with Gasteiger partial charge in [-0.2, -0.15) is 0 Å². The van der Waals surface area contributed by atoms with Gasteiger partial charge < -0.3 is 9.88 Å². The van der Waals surface area contributed by atoms with Crippen LogP contribution in [-0.4, -0.2) is 33.6 Å². The molecule has 1 aliphatic heterocycles. The van der Waals surface area contributed by atoms with E-state index >= 15 is 0 Å². The Bertz CT molecular complexity index is 782. The summed E-state index contributed by atoms with van der Waals surface area (Å²) in [6.07, 6.45) is 3.59. The van der Waals surface area contributed by atoms with E-state index in [9.17, 15) is 9.59 Å². The summed E-state index contributed by atoms with van der Waals surface area (Å²) in [6.45, 7) is 3.29. The normalized spacial score (nSPS) is 13.9. The SMILES string of the molecule is CSc1nc(C)c(CCC(=O)N2CCc3sccc3C2)c(=O)[nH]1. The number of aryl methyl sites for hydroxylation is 1. The zero-order chi connectivity index (χ0) is 16.4. The topological polar surface area (TPSA) is 66.1 Å². The van der Waals surface area contributed by atoms with E-state index in [1.54, 1.807) is 11.3 Å². The number of aromatic nitrogens is 2. The molecule has 0 aliphatic carbocycles. The van der Waals surface area contributed by atoms with Gasteiger partial charge in [-0.25, -0.2) is 4.98 Å². The third kappa shape index (κ3) is 3.50. The van der Waals surface area contributed by atoms with Crippen LogP contribution in [-0.2, 0) is 24.2 Å². The van der Waals surface area contributed by atoms with Crippen molar-refractivity contribution < 1.29 is 4.79 Å². The molecule has 0 saturated heterocycles. The first kappa shape index (κ1) is 16.3. The van der Waals surface area contributed by atoms with Gasteiger partial charge >= 0.3 is 0 Å². The van der Waals surface area contributed by atoms with Crippen LogP contribution in [0.3, 0.4) is 0 Å². The molecule has 3 heterocycles. The minimum atomic E-state index is -0.131. The molecule has 7 heteroatoms. The highest BCUT2D eigenvalue weighted by Crippen LogP contribution is 2.24. The molecule has 1 N–H and O–H groups in total. The van der Waals surface area contributed by atoms with Gasteiger partial charge in [0.25, 0.3) is 5.56 Å². The van der Waals surface area contributed by atoms with Crippen LogP contribution >= 0.6 is 23.1 Å². The highest BCUT2D eigenvalue weighted by atomic mass is 32.2. The van der Waals surface area contributed by atoms with Crippen molar-refractivity contribution >= 4 is 29.0 Å². The number of rotatable bonds is 4. The number of thiophene rings is 1. The molecule has 1 amide bonds. The molecule has 122 valence electrons. The van der Waals surface area contributed by atoms with Crippen LogP contribution in [0.4, 0.5) is 0 Å². The molecule has 2 aromatic rings. The molecule has 2 aromatic heterocycles. The quantitative estimate of drug-likeness (QED) is 0.680. The standard InChI is InChI=1S/C16H19N3O2S2/c1-10-12(15(21)18-16(17-10)22-2)3-4-14(20)19-7-5-13-11(9-19)6-8-23-13/h6,8H,3-5,7,9H2,1-2H3,(H,17,18,21). The Morgan fingerprint density at radius 3 is 3.09 bits per heavy atom. The molecule has 1 aliphatic rings. The number of hydrogen-bond donors (Lipinski definition) is 1. The lowest BCUT2D eigenvalue weighted by molar-refractivity contribution is -0.132. The molecule has 0 aromatic carbocycles. The Balaban J connectivity index is 1.65. The second-order valence-electron chi connectivity index (χ2n) is 5.57. The Labute approximate surface area is 143 Å². The van der Waals surface area contributed by atoms with Gasteiger partial charge in [-0.05, 0) is 43.0 Å². The predicted molar refractivity (Wildman–Crippen MR) is 93.1 cm³/mol. The van der Waals surface area contributed by atoms with Crippen LogP contribution in [0.5, 0.6) is 0 Å². The molecule has 0 bridgehead atoms. The van der Waals surface area contributed by atoms with Crippen molar-refractivity contribution in [1.82, 2.24) is 14.9 Å². The van der Waals surface area contributed by atoms with Gasteiger partial charge in [-0.3, -0.25) is 9.59 Å². The first-order valence-corrected chi connectivity index (χ1v) is 9.65. The van der Waals surface area contributed by atoms with Crippen LogP contribution in [0.25, 0.3) is 0 Å². The van der Waals surface area contributed by atoms with Crippen LogP contribution in [0.1, 0.15) is 28.1 Å². The van der Waals surface area contributed by atoms with Gasteiger partial charge in [0, 0.05) is 35.6 Å². The average Bonchev–Trinajstić information content (AvgIpc) is 3.01. The monoisotopic (exact) mass is 349 g/mol. The number of aromatic amines is 1. The fraction of sp³-hybridized carbons (Fsp3) is 0.438. The number of thioether (sulfide) groups is 1. The minimum absolute atomic E-state index is 0.106. The lowest BCUT2D eigenvalue weighted by Gasteiger charge is -2.27. The van der Waals surface area contributed by atoms with E-state index in [-0.39, 0.29) is 11.5 Å². The number of hydrogen-bond acceptors (Lipinski definition) is 5. The molecule has 0 atom stereocenters. The van der Waals surface area contributed by atoms with E-state index in [4.69, 9.17) is 0 Å². The molecule has 0 fully saturated rings. The maximum absolute atomic E-state index is 12.4. The summed E-state index contributed by atoms with van der Waals surface area (Å²) in [7, 11) is 0. The van der Waals surface area contributed by atoms with Crippen LogP contribution < -0.4 is 5.56 Å². The summed E-state index contributed by atoms with van der Waals surface area (Å²) in [5, 5.41) is 2.70. The highest BCUT2D eigenvalue weighted by Gasteiger charge is 2.21. The lowest BCUT2D eigenvalue weighted by Crippen LogP contribution is -2.35. The first-order valence-electron chi connectivity index (χ1n) is 7.55. The van der Waals surface area contributed by atoms with Gasteiger partial charge in [0.1, 0.15) is 0 Å². The molecular formula is C16H19N3O2S2. The summed E-state index contributed by atoms with van der Waals surface area (Å²) in [5.41, 5.74) is 2.46. The van der Waals surface area contributed by atoms with Crippen molar-refractivity contribution in [3.8, 4) is 0 Å².